The Bertz CT molecular complexity index is 1130. The van der Waals surface area contributed by atoms with Crippen molar-refractivity contribution in [3.8, 4) is 0 Å². The van der Waals surface area contributed by atoms with Gasteiger partial charge in [0.1, 0.15) is 6.04 Å². The second kappa shape index (κ2) is 11.3. The van der Waals surface area contributed by atoms with Crippen molar-refractivity contribution in [3.63, 3.8) is 0 Å². The summed E-state index contributed by atoms with van der Waals surface area (Å²) in [5.41, 5.74) is 2.92. The van der Waals surface area contributed by atoms with Crippen LogP contribution in [-0.4, -0.2) is 70.1 Å². The van der Waals surface area contributed by atoms with Gasteiger partial charge in [0, 0.05) is 30.6 Å². The largest absolute Gasteiger partial charge is 0.465 e. The first kappa shape index (κ1) is 27.0. The first-order valence-corrected chi connectivity index (χ1v) is 14.8. The molecule has 5 rings (SSSR count). The van der Waals surface area contributed by atoms with Gasteiger partial charge in [0.05, 0.1) is 23.2 Å². The molecule has 0 bridgehead atoms. The summed E-state index contributed by atoms with van der Waals surface area (Å²) in [4.78, 5) is 45.7. The minimum absolute atomic E-state index is 0.0880. The van der Waals surface area contributed by atoms with E-state index in [1.807, 2.05) is 43.0 Å². The van der Waals surface area contributed by atoms with E-state index in [1.165, 1.54) is 0 Å². The van der Waals surface area contributed by atoms with Crippen molar-refractivity contribution in [3.05, 3.63) is 53.6 Å². The molecule has 8 heteroatoms. The van der Waals surface area contributed by atoms with Gasteiger partial charge in [-0.2, -0.15) is 0 Å². The average molecular weight is 539 g/mol. The van der Waals surface area contributed by atoms with Gasteiger partial charge in [0.15, 0.2) is 0 Å². The lowest BCUT2D eigenvalue weighted by molar-refractivity contribution is -0.153. The summed E-state index contributed by atoms with van der Waals surface area (Å²) in [6.45, 7) is 5.40. The molecule has 4 aliphatic heterocycles. The number of likely N-dealkylation sites (tertiary alicyclic amines) is 1. The highest BCUT2D eigenvalue weighted by molar-refractivity contribution is 8.02. The minimum atomic E-state index is -0.831. The lowest BCUT2D eigenvalue weighted by atomic mass is 9.78. The maximum atomic E-state index is 14.5. The summed E-state index contributed by atoms with van der Waals surface area (Å²) < 4.78 is 4.81. The molecular weight excluding hydrogens is 500 g/mol. The predicted octanol–water partition coefficient (Wildman–Crippen LogP) is 3.95. The topological polar surface area (TPSA) is 87.2 Å². The van der Waals surface area contributed by atoms with E-state index in [-0.39, 0.29) is 29.6 Å². The number of ether oxygens (including phenoxy) is 1. The number of anilines is 1. The van der Waals surface area contributed by atoms with Crippen LogP contribution in [-0.2, 0) is 19.1 Å². The number of para-hydroxylation sites is 1. The highest BCUT2D eigenvalue weighted by Crippen LogP contribution is 2.61. The lowest BCUT2D eigenvalue weighted by Crippen LogP contribution is -2.53. The summed E-state index contributed by atoms with van der Waals surface area (Å²) >= 11 is 1.59. The number of aliphatic hydroxyl groups excluding tert-OH is 1. The third-order valence-corrected chi connectivity index (χ3v) is 10.1. The van der Waals surface area contributed by atoms with E-state index in [0.717, 1.165) is 55.3 Å². The maximum Gasteiger partial charge on any atom is 0.311 e. The molecule has 204 valence electrons. The predicted molar refractivity (Wildman–Crippen MR) is 149 cm³/mol. The van der Waals surface area contributed by atoms with Crippen LogP contribution in [0.1, 0.15) is 49.7 Å². The highest BCUT2D eigenvalue weighted by atomic mass is 32.2. The van der Waals surface area contributed by atoms with Gasteiger partial charge < -0.3 is 19.6 Å². The van der Waals surface area contributed by atoms with Crippen molar-refractivity contribution in [2.45, 2.75) is 68.4 Å². The third kappa shape index (κ3) is 4.60. The molecule has 5 atom stereocenters. The normalized spacial score (nSPS) is 31.6. The first-order chi connectivity index (χ1) is 18.4. The van der Waals surface area contributed by atoms with Crippen molar-refractivity contribution in [1.29, 1.82) is 0 Å². The molecule has 7 nitrogen and oxygen atoms in total. The summed E-state index contributed by atoms with van der Waals surface area (Å²) in [6.07, 6.45) is 13.0. The molecule has 4 heterocycles. The summed E-state index contributed by atoms with van der Waals surface area (Å²) in [5, 5.41) is 8.94. The summed E-state index contributed by atoms with van der Waals surface area (Å²) in [6, 6.07) is 5.32. The zero-order valence-electron chi connectivity index (χ0n) is 22.3. The van der Waals surface area contributed by atoms with Crippen LogP contribution in [0.15, 0.2) is 42.5 Å². The van der Waals surface area contributed by atoms with Crippen LogP contribution in [0.4, 0.5) is 5.69 Å². The van der Waals surface area contributed by atoms with Gasteiger partial charge in [-0.15, -0.1) is 11.8 Å². The van der Waals surface area contributed by atoms with Crippen LogP contribution in [0, 0.1) is 25.7 Å². The zero-order chi connectivity index (χ0) is 26.9. The molecule has 2 fully saturated rings. The number of esters is 1. The number of rotatable bonds is 7. The molecule has 1 aromatic carbocycles. The Hall–Kier alpha value is -2.58. The average Bonchev–Trinajstić information content (AvgIpc) is 3.30. The van der Waals surface area contributed by atoms with E-state index in [9.17, 15) is 14.4 Å². The Morgan fingerprint density at radius 1 is 1.05 bits per heavy atom. The number of amides is 2. The number of carbonyl (C=O) groups is 3. The first-order valence-electron chi connectivity index (χ1n) is 13.9. The fourth-order valence-corrected chi connectivity index (χ4v) is 8.67. The van der Waals surface area contributed by atoms with E-state index >= 15 is 0 Å². The van der Waals surface area contributed by atoms with E-state index in [4.69, 9.17) is 9.84 Å². The molecule has 1 spiro atoms. The van der Waals surface area contributed by atoms with E-state index in [0.29, 0.717) is 19.7 Å². The van der Waals surface area contributed by atoms with Gasteiger partial charge in [-0.25, -0.2) is 0 Å². The van der Waals surface area contributed by atoms with Crippen molar-refractivity contribution in [2.75, 3.05) is 31.2 Å². The number of benzene rings is 1. The number of aliphatic hydroxyl groups is 1. The smallest absolute Gasteiger partial charge is 0.311 e. The highest BCUT2D eigenvalue weighted by Gasteiger charge is 2.70. The number of hydrogen-bond acceptors (Lipinski definition) is 6. The molecule has 2 saturated heterocycles. The van der Waals surface area contributed by atoms with Crippen molar-refractivity contribution >= 4 is 35.2 Å². The number of allylic oxidation sites excluding steroid dienone is 1. The SMILES string of the molecule is Cc1cccc(C)c1N1CC=C[C@]23S[C@H]4/C=C\CCCOC(=O)[C@H]4[C@H]2C(=O)N(CCCCCCO)C3C1=O. The number of hydrogen-bond donors (Lipinski definition) is 1. The number of cyclic esters (lactones) is 1. The van der Waals surface area contributed by atoms with Crippen molar-refractivity contribution in [2.24, 2.45) is 11.8 Å². The van der Waals surface area contributed by atoms with Crippen LogP contribution in [0.5, 0.6) is 0 Å². The number of fused-ring (bicyclic) bond motifs is 2. The molecule has 0 aromatic heterocycles. The molecule has 0 aliphatic carbocycles. The molecule has 1 aromatic rings. The fourth-order valence-electron chi connectivity index (χ4n) is 6.67. The van der Waals surface area contributed by atoms with Gasteiger partial charge in [-0.3, -0.25) is 14.4 Å². The second-order valence-corrected chi connectivity index (χ2v) is 12.3. The van der Waals surface area contributed by atoms with Gasteiger partial charge in [0.2, 0.25) is 5.91 Å². The van der Waals surface area contributed by atoms with E-state index in [1.54, 1.807) is 16.7 Å². The Morgan fingerprint density at radius 2 is 1.82 bits per heavy atom. The molecule has 1 N–H and O–H groups in total. The maximum absolute atomic E-state index is 14.5. The monoisotopic (exact) mass is 538 g/mol. The number of thioether (sulfide) groups is 1. The fraction of sp³-hybridized carbons (Fsp3) is 0.567. The number of aryl methyl sites for hydroxylation is 2. The van der Waals surface area contributed by atoms with Gasteiger partial charge in [0.25, 0.3) is 5.91 Å². The Kier molecular flexibility index (Phi) is 8.00. The zero-order valence-corrected chi connectivity index (χ0v) is 23.1. The van der Waals surface area contributed by atoms with Crippen LogP contribution in [0.2, 0.25) is 0 Å². The summed E-state index contributed by atoms with van der Waals surface area (Å²) in [7, 11) is 0. The molecule has 2 amide bonds. The Balaban J connectivity index is 1.56. The molecule has 4 aliphatic rings. The standard InChI is InChI=1S/C30H38N2O5S/c1-20-12-10-13-21(2)25(20)31-17-11-15-30-24(23-22(38-30)14-6-5-9-19-37-29(23)36)27(34)32(26(30)28(31)35)16-7-3-4-8-18-33/h6,10-15,22-24,26,33H,3-5,7-9,16-19H2,1-2H3/b14-6-/t22-,23+,24-,26?,30-/m0/s1. The number of unbranched alkanes of at least 4 members (excludes halogenated alkanes) is 3. The molecule has 1 unspecified atom stereocenters. The van der Waals surface area contributed by atoms with Crippen LogP contribution in [0.25, 0.3) is 0 Å². The van der Waals surface area contributed by atoms with Crippen molar-refractivity contribution in [1.82, 2.24) is 4.90 Å². The number of carbonyl (C=O) groups excluding carboxylic acids is 3. The van der Waals surface area contributed by atoms with E-state index in [2.05, 4.69) is 18.2 Å². The number of nitrogens with zero attached hydrogens (tertiary/aromatic N) is 2. The van der Waals surface area contributed by atoms with E-state index < -0.39 is 22.6 Å². The van der Waals surface area contributed by atoms with Gasteiger partial charge >= 0.3 is 5.97 Å². The molecular formula is C30H38N2O5S. The molecule has 0 saturated carbocycles. The minimum Gasteiger partial charge on any atom is -0.465 e. The van der Waals surface area contributed by atoms with Gasteiger partial charge in [-0.05, 0) is 50.7 Å². The van der Waals surface area contributed by atoms with Crippen LogP contribution >= 0.6 is 11.8 Å². The third-order valence-electron chi connectivity index (χ3n) is 8.37. The van der Waals surface area contributed by atoms with Gasteiger partial charge in [-0.1, -0.05) is 55.3 Å². The Labute approximate surface area is 229 Å². The van der Waals surface area contributed by atoms with Crippen molar-refractivity contribution < 1.29 is 24.2 Å². The quantitative estimate of drug-likeness (QED) is 0.321. The van der Waals surface area contributed by atoms with Crippen LogP contribution < -0.4 is 4.90 Å². The molecule has 38 heavy (non-hydrogen) atoms. The summed E-state index contributed by atoms with van der Waals surface area (Å²) in [5.74, 6) is -1.80. The lowest BCUT2D eigenvalue weighted by Gasteiger charge is -2.36. The second-order valence-electron chi connectivity index (χ2n) is 10.8. The Morgan fingerprint density at radius 3 is 2.58 bits per heavy atom. The van der Waals surface area contributed by atoms with Crippen LogP contribution in [0.3, 0.4) is 0 Å². The molecule has 0 radical (unpaired) electrons.